The molecule has 0 radical (unpaired) electrons. The molecule has 0 saturated heterocycles. The van der Waals surface area contributed by atoms with Crippen LogP contribution < -0.4 is 10.6 Å². The topological polar surface area (TPSA) is 71.8 Å². The molecule has 0 aliphatic carbocycles. The first-order valence-electron chi connectivity index (χ1n) is 9.22. The van der Waals surface area contributed by atoms with Gasteiger partial charge in [0.1, 0.15) is 11.0 Å². The number of benzene rings is 3. The molecule has 0 aliphatic heterocycles. The lowest BCUT2D eigenvalue weighted by Crippen LogP contribution is -2.34. The van der Waals surface area contributed by atoms with Crippen LogP contribution in [0.2, 0.25) is 0 Å². The second-order valence-corrected chi connectivity index (χ2v) is 8.13. The zero-order chi connectivity index (χ0) is 21.3. The van der Waals surface area contributed by atoms with E-state index in [1.54, 1.807) is 23.0 Å². The van der Waals surface area contributed by atoms with Gasteiger partial charge in [0.15, 0.2) is 5.11 Å². The first-order valence-corrected chi connectivity index (χ1v) is 10.4. The van der Waals surface area contributed by atoms with Gasteiger partial charge in [-0.05, 0) is 84.0 Å². The number of halogens is 1. The number of carbonyl (C=O) groups is 1. The summed E-state index contributed by atoms with van der Waals surface area (Å²) in [5, 5.41) is 15.1. The molecule has 0 saturated carbocycles. The Bertz CT molecular complexity index is 1270. The maximum atomic E-state index is 12.5. The zero-order valence-electron chi connectivity index (χ0n) is 16.3. The minimum absolute atomic E-state index is 0.212. The SMILES string of the molecule is Cc1ccc(-n2nc3cc(C)c(NC(=S)NC(=O)c4ccccc4Br)cc3n2)cc1. The lowest BCUT2D eigenvalue weighted by Gasteiger charge is -2.12. The molecular weight excluding hydrogens is 462 g/mol. The number of nitrogens with zero attached hydrogens (tertiary/aromatic N) is 3. The Morgan fingerprint density at radius 3 is 2.37 bits per heavy atom. The van der Waals surface area contributed by atoms with Gasteiger partial charge in [-0.25, -0.2) is 0 Å². The molecule has 1 heterocycles. The first-order chi connectivity index (χ1) is 14.4. The highest BCUT2D eigenvalue weighted by molar-refractivity contribution is 9.10. The number of hydrogen-bond acceptors (Lipinski definition) is 4. The standard InChI is InChI=1S/C22H18BrN5OS/c1-13-7-9-15(10-8-13)28-26-19-11-14(2)18(12-20(19)27-28)24-22(30)25-21(29)16-5-3-4-6-17(16)23/h3-12H,1-2H3,(H2,24,25,29,30). The van der Waals surface area contributed by atoms with E-state index in [1.807, 2.05) is 56.3 Å². The normalized spacial score (nSPS) is 10.8. The second-order valence-electron chi connectivity index (χ2n) is 6.87. The van der Waals surface area contributed by atoms with Crippen LogP contribution in [-0.4, -0.2) is 26.0 Å². The van der Waals surface area contributed by atoms with Gasteiger partial charge in [-0.1, -0.05) is 29.8 Å². The maximum Gasteiger partial charge on any atom is 0.258 e. The quantitative estimate of drug-likeness (QED) is 0.407. The third-order valence-electron chi connectivity index (χ3n) is 4.59. The van der Waals surface area contributed by atoms with Crippen LogP contribution in [0.25, 0.3) is 16.7 Å². The van der Waals surface area contributed by atoms with Crippen LogP contribution in [0.1, 0.15) is 21.5 Å². The molecule has 0 atom stereocenters. The van der Waals surface area contributed by atoms with Crippen LogP contribution in [-0.2, 0) is 0 Å². The second kappa shape index (κ2) is 8.33. The molecule has 1 aromatic heterocycles. The van der Waals surface area contributed by atoms with E-state index in [0.29, 0.717) is 10.0 Å². The number of amides is 1. The molecule has 2 N–H and O–H groups in total. The lowest BCUT2D eigenvalue weighted by molar-refractivity contribution is 0.0977. The summed E-state index contributed by atoms with van der Waals surface area (Å²) in [6.45, 7) is 3.99. The van der Waals surface area contributed by atoms with Gasteiger partial charge in [0.05, 0.1) is 11.3 Å². The van der Waals surface area contributed by atoms with E-state index in [0.717, 1.165) is 28.0 Å². The highest BCUT2D eigenvalue weighted by Gasteiger charge is 2.13. The van der Waals surface area contributed by atoms with Crippen molar-refractivity contribution in [1.82, 2.24) is 20.3 Å². The van der Waals surface area contributed by atoms with E-state index in [-0.39, 0.29) is 11.0 Å². The lowest BCUT2D eigenvalue weighted by atomic mass is 10.2. The summed E-state index contributed by atoms with van der Waals surface area (Å²) >= 11 is 8.71. The summed E-state index contributed by atoms with van der Waals surface area (Å²) in [7, 11) is 0. The fraction of sp³-hybridized carbons (Fsp3) is 0.0909. The van der Waals surface area contributed by atoms with Gasteiger partial charge in [0.25, 0.3) is 5.91 Å². The summed E-state index contributed by atoms with van der Waals surface area (Å²) in [6, 6.07) is 19.0. The number of hydrogen-bond donors (Lipinski definition) is 2. The van der Waals surface area contributed by atoms with Crippen molar-refractivity contribution >= 4 is 55.9 Å². The smallest absolute Gasteiger partial charge is 0.258 e. The summed E-state index contributed by atoms with van der Waals surface area (Å²) < 4.78 is 0.704. The average molecular weight is 480 g/mol. The Hall–Kier alpha value is -3.10. The largest absolute Gasteiger partial charge is 0.332 e. The van der Waals surface area contributed by atoms with Gasteiger partial charge in [-0.3, -0.25) is 10.1 Å². The predicted molar refractivity (Wildman–Crippen MR) is 126 cm³/mol. The third kappa shape index (κ3) is 4.24. The van der Waals surface area contributed by atoms with Crippen molar-refractivity contribution in [1.29, 1.82) is 0 Å². The minimum Gasteiger partial charge on any atom is -0.332 e. The van der Waals surface area contributed by atoms with Crippen LogP contribution in [0.5, 0.6) is 0 Å². The van der Waals surface area contributed by atoms with E-state index >= 15 is 0 Å². The number of carbonyl (C=O) groups excluding carboxylic acids is 1. The Kier molecular flexibility index (Phi) is 5.61. The molecular formula is C22H18BrN5OS. The Morgan fingerprint density at radius 2 is 1.67 bits per heavy atom. The summed E-state index contributed by atoms with van der Waals surface area (Å²) in [6.07, 6.45) is 0. The molecule has 0 spiro atoms. The highest BCUT2D eigenvalue weighted by Crippen LogP contribution is 2.22. The van der Waals surface area contributed by atoms with E-state index in [9.17, 15) is 4.79 Å². The fourth-order valence-electron chi connectivity index (χ4n) is 2.97. The van der Waals surface area contributed by atoms with E-state index in [2.05, 4.69) is 36.8 Å². The number of thiocarbonyl (C=S) groups is 1. The number of nitrogens with one attached hydrogen (secondary N) is 2. The van der Waals surface area contributed by atoms with Crippen LogP contribution in [0, 0.1) is 13.8 Å². The zero-order valence-corrected chi connectivity index (χ0v) is 18.7. The molecule has 0 aliphatic rings. The van der Waals surface area contributed by atoms with Gasteiger partial charge >= 0.3 is 0 Å². The number of aryl methyl sites for hydroxylation is 2. The monoisotopic (exact) mass is 479 g/mol. The van der Waals surface area contributed by atoms with Crippen molar-refractivity contribution < 1.29 is 4.79 Å². The van der Waals surface area contributed by atoms with Crippen molar-refractivity contribution in [3.05, 3.63) is 81.8 Å². The molecule has 3 aromatic carbocycles. The Balaban J connectivity index is 1.54. The molecule has 0 unspecified atom stereocenters. The molecule has 6 nitrogen and oxygen atoms in total. The Morgan fingerprint density at radius 1 is 1.00 bits per heavy atom. The van der Waals surface area contributed by atoms with Crippen molar-refractivity contribution in [3.63, 3.8) is 0 Å². The van der Waals surface area contributed by atoms with Crippen LogP contribution >= 0.6 is 28.1 Å². The van der Waals surface area contributed by atoms with Crippen molar-refractivity contribution in [2.24, 2.45) is 0 Å². The van der Waals surface area contributed by atoms with Gasteiger partial charge in [-0.2, -0.15) is 4.80 Å². The maximum absolute atomic E-state index is 12.5. The number of rotatable bonds is 3. The van der Waals surface area contributed by atoms with Crippen LogP contribution in [0.4, 0.5) is 5.69 Å². The predicted octanol–water partition coefficient (Wildman–Crippen LogP) is 4.93. The molecule has 4 rings (SSSR count). The van der Waals surface area contributed by atoms with Gasteiger partial charge in [0.2, 0.25) is 0 Å². The number of anilines is 1. The van der Waals surface area contributed by atoms with Gasteiger partial charge < -0.3 is 5.32 Å². The van der Waals surface area contributed by atoms with Crippen LogP contribution in [0.15, 0.2) is 65.1 Å². The van der Waals surface area contributed by atoms with E-state index in [1.165, 1.54) is 5.56 Å². The minimum atomic E-state index is -0.288. The van der Waals surface area contributed by atoms with Gasteiger partial charge in [-0.15, -0.1) is 10.2 Å². The fourth-order valence-corrected chi connectivity index (χ4v) is 3.63. The molecule has 8 heteroatoms. The molecule has 4 aromatic rings. The summed E-state index contributed by atoms with van der Waals surface area (Å²) in [4.78, 5) is 14.1. The molecule has 30 heavy (non-hydrogen) atoms. The highest BCUT2D eigenvalue weighted by atomic mass is 79.9. The average Bonchev–Trinajstić information content (AvgIpc) is 3.11. The van der Waals surface area contributed by atoms with Crippen LogP contribution in [0.3, 0.4) is 0 Å². The number of fused-ring (bicyclic) bond motifs is 1. The van der Waals surface area contributed by atoms with Gasteiger partial charge in [0, 0.05) is 10.2 Å². The molecule has 1 amide bonds. The van der Waals surface area contributed by atoms with Crippen molar-refractivity contribution in [2.75, 3.05) is 5.32 Å². The van der Waals surface area contributed by atoms with E-state index in [4.69, 9.17) is 12.2 Å². The molecule has 150 valence electrons. The summed E-state index contributed by atoms with van der Waals surface area (Å²) in [5.74, 6) is -0.288. The van der Waals surface area contributed by atoms with E-state index < -0.39 is 0 Å². The number of aromatic nitrogens is 3. The van der Waals surface area contributed by atoms with Crippen molar-refractivity contribution in [2.45, 2.75) is 13.8 Å². The Labute approximate surface area is 187 Å². The first kappa shape index (κ1) is 20.2. The third-order valence-corrected chi connectivity index (χ3v) is 5.48. The molecule has 0 bridgehead atoms. The van der Waals surface area contributed by atoms with Crippen molar-refractivity contribution in [3.8, 4) is 5.69 Å². The summed E-state index contributed by atoms with van der Waals surface area (Å²) in [5.41, 5.74) is 5.78. The molecule has 0 fully saturated rings.